The Balaban J connectivity index is 2.08. The number of nitrogens with one attached hydrogen (secondary N) is 1. The average Bonchev–Trinajstić information content (AvgIpc) is 2.65. The first-order valence-corrected chi connectivity index (χ1v) is 11.5. The maximum atomic E-state index is 12.5. The molecule has 2 aromatic rings. The molecule has 0 spiro atoms. The van der Waals surface area contributed by atoms with Gasteiger partial charge in [0.1, 0.15) is 5.75 Å². The Kier molecular flexibility index (Phi) is 7.67. The third kappa shape index (κ3) is 5.97. The van der Waals surface area contributed by atoms with Gasteiger partial charge in [-0.15, -0.1) is 0 Å². The molecule has 0 aliphatic heterocycles. The molecule has 6 nitrogen and oxygen atoms in total. The molecule has 0 atom stereocenters. The van der Waals surface area contributed by atoms with E-state index in [4.69, 9.17) is 4.74 Å². The van der Waals surface area contributed by atoms with Crippen LogP contribution in [-0.2, 0) is 14.8 Å². The summed E-state index contributed by atoms with van der Waals surface area (Å²) in [6.45, 7) is 6.33. The highest BCUT2D eigenvalue weighted by Gasteiger charge is 2.21. The largest absolute Gasteiger partial charge is 0.495 e. The monoisotopic (exact) mass is 418 g/mol. The van der Waals surface area contributed by atoms with Gasteiger partial charge in [0, 0.05) is 18.7 Å². The van der Waals surface area contributed by atoms with Gasteiger partial charge in [-0.25, -0.2) is 8.42 Å². The second kappa shape index (κ2) is 9.78. The minimum absolute atomic E-state index is 0.130. The SMILES string of the molecule is COc1ccccc1N(CCCC(=O)Nc1c(C)cccc1C(C)C)S(C)(=O)=O. The number of benzene rings is 2. The molecule has 0 aliphatic rings. The van der Waals surface area contributed by atoms with Gasteiger partial charge in [-0.3, -0.25) is 9.10 Å². The van der Waals surface area contributed by atoms with Gasteiger partial charge in [0.15, 0.2) is 0 Å². The lowest BCUT2D eigenvalue weighted by Gasteiger charge is -2.24. The summed E-state index contributed by atoms with van der Waals surface area (Å²) in [4.78, 5) is 12.5. The smallest absolute Gasteiger partial charge is 0.232 e. The van der Waals surface area contributed by atoms with Crippen LogP contribution in [0.1, 0.15) is 43.7 Å². The van der Waals surface area contributed by atoms with E-state index in [1.165, 1.54) is 11.4 Å². The Morgan fingerprint density at radius 1 is 1.14 bits per heavy atom. The van der Waals surface area contributed by atoms with Crippen molar-refractivity contribution in [1.29, 1.82) is 0 Å². The number of methoxy groups -OCH3 is 1. The van der Waals surface area contributed by atoms with Gasteiger partial charge in [0.05, 0.1) is 19.1 Å². The normalized spacial score (nSPS) is 11.4. The van der Waals surface area contributed by atoms with Crippen LogP contribution >= 0.6 is 0 Å². The fourth-order valence-electron chi connectivity index (χ4n) is 3.23. The zero-order valence-electron chi connectivity index (χ0n) is 17.7. The summed E-state index contributed by atoms with van der Waals surface area (Å²) >= 11 is 0. The van der Waals surface area contributed by atoms with Crippen molar-refractivity contribution in [1.82, 2.24) is 0 Å². The molecule has 2 aromatic carbocycles. The van der Waals surface area contributed by atoms with Crippen molar-refractivity contribution in [2.24, 2.45) is 0 Å². The fourth-order valence-corrected chi connectivity index (χ4v) is 4.20. The first-order chi connectivity index (χ1) is 13.6. The average molecular weight is 419 g/mol. The van der Waals surface area contributed by atoms with Gasteiger partial charge in [-0.1, -0.05) is 44.2 Å². The zero-order valence-corrected chi connectivity index (χ0v) is 18.5. The molecule has 1 amide bonds. The fraction of sp³-hybridized carbons (Fsp3) is 0.409. The lowest BCUT2D eigenvalue weighted by molar-refractivity contribution is -0.116. The minimum Gasteiger partial charge on any atom is -0.495 e. The van der Waals surface area contributed by atoms with Gasteiger partial charge in [-0.2, -0.15) is 0 Å². The number of carbonyl (C=O) groups excluding carboxylic acids is 1. The zero-order chi connectivity index (χ0) is 21.6. The van der Waals surface area contributed by atoms with Gasteiger partial charge < -0.3 is 10.1 Å². The lowest BCUT2D eigenvalue weighted by atomic mass is 9.98. The maximum absolute atomic E-state index is 12.5. The van der Waals surface area contributed by atoms with Crippen molar-refractivity contribution in [3.8, 4) is 5.75 Å². The summed E-state index contributed by atoms with van der Waals surface area (Å²) in [5.74, 6) is 0.634. The Labute approximate surface area is 173 Å². The molecule has 0 fully saturated rings. The molecule has 1 N–H and O–H groups in total. The van der Waals surface area contributed by atoms with Gasteiger partial charge >= 0.3 is 0 Å². The molecule has 2 rings (SSSR count). The predicted molar refractivity (Wildman–Crippen MR) is 118 cm³/mol. The Morgan fingerprint density at radius 2 is 1.83 bits per heavy atom. The van der Waals surface area contributed by atoms with Crippen LogP contribution in [0.25, 0.3) is 0 Å². The highest BCUT2D eigenvalue weighted by atomic mass is 32.2. The molecule has 0 aromatic heterocycles. The first-order valence-electron chi connectivity index (χ1n) is 9.65. The number of sulfonamides is 1. The number of nitrogens with zero attached hydrogens (tertiary/aromatic N) is 1. The summed E-state index contributed by atoms with van der Waals surface area (Å²) in [6, 6.07) is 12.9. The summed E-state index contributed by atoms with van der Waals surface area (Å²) in [5.41, 5.74) is 3.41. The van der Waals surface area contributed by atoms with E-state index in [9.17, 15) is 13.2 Å². The van der Waals surface area contributed by atoms with Crippen LogP contribution in [0.15, 0.2) is 42.5 Å². The van der Waals surface area contributed by atoms with Gasteiger partial charge in [0.2, 0.25) is 15.9 Å². The summed E-state index contributed by atoms with van der Waals surface area (Å²) in [6.07, 6.45) is 1.76. The molecular formula is C22H30N2O4S. The Bertz CT molecular complexity index is 955. The molecule has 0 heterocycles. The number of aryl methyl sites for hydroxylation is 1. The van der Waals surface area contributed by atoms with Crippen LogP contribution in [0, 0.1) is 6.92 Å². The quantitative estimate of drug-likeness (QED) is 0.658. The van der Waals surface area contributed by atoms with E-state index < -0.39 is 10.0 Å². The number of ether oxygens (including phenoxy) is 1. The highest BCUT2D eigenvalue weighted by molar-refractivity contribution is 7.92. The Morgan fingerprint density at radius 3 is 2.45 bits per heavy atom. The van der Waals surface area contributed by atoms with Gasteiger partial charge in [0.25, 0.3) is 0 Å². The second-order valence-electron chi connectivity index (χ2n) is 7.35. The standard InChI is InChI=1S/C22H30N2O4S/c1-16(2)18-11-8-10-17(3)22(18)23-21(25)14-9-15-24(29(5,26)27)19-12-6-7-13-20(19)28-4/h6-8,10-13,16H,9,14-15H2,1-5H3,(H,23,25). The van der Waals surface area contributed by atoms with E-state index in [0.717, 1.165) is 23.1 Å². The second-order valence-corrected chi connectivity index (χ2v) is 9.26. The molecule has 0 bridgehead atoms. The summed E-state index contributed by atoms with van der Waals surface area (Å²) in [7, 11) is -2.01. The molecule has 7 heteroatoms. The van der Waals surface area contributed by atoms with Crippen molar-refractivity contribution in [3.63, 3.8) is 0 Å². The van der Waals surface area contributed by atoms with Crippen molar-refractivity contribution in [2.45, 2.75) is 39.5 Å². The van der Waals surface area contributed by atoms with E-state index >= 15 is 0 Å². The van der Waals surface area contributed by atoms with E-state index in [1.807, 2.05) is 25.1 Å². The van der Waals surface area contributed by atoms with Crippen LogP contribution < -0.4 is 14.4 Å². The molecule has 0 aliphatic carbocycles. The van der Waals surface area contributed by atoms with Crippen LogP contribution in [0.3, 0.4) is 0 Å². The third-order valence-corrected chi connectivity index (χ3v) is 5.89. The van der Waals surface area contributed by atoms with Gasteiger partial charge in [-0.05, 0) is 42.5 Å². The highest BCUT2D eigenvalue weighted by Crippen LogP contribution is 2.30. The van der Waals surface area contributed by atoms with E-state index in [-0.39, 0.29) is 24.8 Å². The molecule has 0 unspecified atom stereocenters. The molecule has 158 valence electrons. The molecule has 0 radical (unpaired) electrons. The number of rotatable bonds is 9. The molecule has 0 saturated heterocycles. The van der Waals surface area contributed by atoms with E-state index in [1.54, 1.807) is 24.3 Å². The molecule has 0 saturated carbocycles. The number of hydrogen-bond acceptors (Lipinski definition) is 4. The number of para-hydroxylation sites is 3. The van der Waals surface area contributed by atoms with Crippen LogP contribution in [0.5, 0.6) is 5.75 Å². The number of anilines is 2. The number of carbonyl (C=O) groups is 1. The van der Waals surface area contributed by atoms with Crippen molar-refractivity contribution in [3.05, 3.63) is 53.6 Å². The lowest BCUT2D eigenvalue weighted by Crippen LogP contribution is -2.31. The van der Waals surface area contributed by atoms with Crippen LogP contribution in [-0.4, -0.2) is 34.2 Å². The number of amides is 1. The molecule has 29 heavy (non-hydrogen) atoms. The third-order valence-electron chi connectivity index (χ3n) is 4.71. The van der Waals surface area contributed by atoms with Crippen molar-refractivity contribution in [2.75, 3.05) is 29.5 Å². The predicted octanol–water partition coefficient (Wildman–Crippen LogP) is 4.31. The van der Waals surface area contributed by atoms with Crippen molar-refractivity contribution >= 4 is 27.3 Å². The van der Waals surface area contributed by atoms with Crippen molar-refractivity contribution < 1.29 is 17.9 Å². The van der Waals surface area contributed by atoms with E-state index in [2.05, 4.69) is 19.2 Å². The minimum atomic E-state index is -3.51. The van der Waals surface area contributed by atoms with Crippen LogP contribution in [0.4, 0.5) is 11.4 Å². The summed E-state index contributed by atoms with van der Waals surface area (Å²) < 4.78 is 31.2. The maximum Gasteiger partial charge on any atom is 0.232 e. The molecular weight excluding hydrogens is 388 g/mol. The number of hydrogen-bond donors (Lipinski definition) is 1. The van der Waals surface area contributed by atoms with Crippen LogP contribution in [0.2, 0.25) is 0 Å². The summed E-state index contributed by atoms with van der Waals surface area (Å²) in [5, 5.41) is 3.00. The Hall–Kier alpha value is -2.54. The van der Waals surface area contributed by atoms with E-state index in [0.29, 0.717) is 17.9 Å². The first kappa shape index (κ1) is 22.7. The topological polar surface area (TPSA) is 75.7 Å².